The lowest BCUT2D eigenvalue weighted by molar-refractivity contribution is 0.0955. The van der Waals surface area contributed by atoms with Gasteiger partial charge in [0.1, 0.15) is 17.5 Å². The Morgan fingerprint density at radius 2 is 2.15 bits per heavy atom. The fraction of sp³-hybridized carbons (Fsp3) is 0.167. The maximum atomic E-state index is 14.0. The van der Waals surface area contributed by atoms with Gasteiger partial charge in [0, 0.05) is 6.54 Å². The quantitative estimate of drug-likeness (QED) is 0.413. The first-order valence-electron chi connectivity index (χ1n) is 7.52. The van der Waals surface area contributed by atoms with Crippen molar-refractivity contribution in [2.75, 3.05) is 13.1 Å². The topological polar surface area (TPSA) is 63.0 Å². The number of rotatable bonds is 8. The number of benzene rings is 1. The van der Waals surface area contributed by atoms with Crippen LogP contribution in [-0.2, 0) is 6.54 Å². The van der Waals surface area contributed by atoms with Gasteiger partial charge in [-0.1, -0.05) is 12.1 Å². The van der Waals surface area contributed by atoms with E-state index in [0.29, 0.717) is 16.3 Å². The molecule has 1 aromatic heterocycles. The number of carbonyl (C=O) groups is 1. The van der Waals surface area contributed by atoms with Crippen LogP contribution in [0.1, 0.15) is 20.1 Å². The maximum Gasteiger partial charge on any atom is 0.261 e. The largest absolute Gasteiger partial charge is 0.497 e. The van der Waals surface area contributed by atoms with Gasteiger partial charge in [-0.3, -0.25) is 14.8 Å². The molecule has 2 aromatic rings. The van der Waals surface area contributed by atoms with Crippen LogP contribution in [-0.4, -0.2) is 32.0 Å². The first-order valence-corrected chi connectivity index (χ1v) is 8.87. The number of nitrogens with zero attached hydrogens (tertiary/aromatic N) is 2. The monoisotopic (exact) mass is 393 g/mol. The van der Waals surface area contributed by atoms with Gasteiger partial charge < -0.3 is 10.1 Å². The van der Waals surface area contributed by atoms with Gasteiger partial charge in [0.25, 0.3) is 5.91 Å². The minimum absolute atomic E-state index is 0.0238. The third-order valence-electron chi connectivity index (χ3n) is 3.31. The molecule has 0 radical (unpaired) electrons. The van der Waals surface area contributed by atoms with Crippen molar-refractivity contribution in [3.05, 3.63) is 57.5 Å². The standard InChI is InChI=1S/C18H17ClFN3O2S/c1-21-17(14(20)10-22-11-19)15-6-7-16(26-15)18(24)23-9-12-4-3-5-13(8-12)25-2/h3-8,10H,1,9,11H2,2H3,(H,23,24)/b17-14+,22-10-. The first-order chi connectivity index (χ1) is 12.6. The molecule has 1 amide bonds. The van der Waals surface area contributed by atoms with E-state index in [4.69, 9.17) is 16.3 Å². The molecule has 0 aliphatic carbocycles. The molecule has 8 heteroatoms. The number of ether oxygens (including phenoxy) is 1. The minimum Gasteiger partial charge on any atom is -0.497 e. The molecule has 26 heavy (non-hydrogen) atoms. The molecule has 0 atom stereocenters. The zero-order valence-electron chi connectivity index (χ0n) is 14.0. The molecule has 0 saturated heterocycles. The van der Waals surface area contributed by atoms with Gasteiger partial charge in [-0.05, 0) is 36.5 Å². The number of alkyl halides is 1. The molecule has 0 unspecified atom stereocenters. The Labute approximate surface area is 159 Å². The molecule has 0 bridgehead atoms. The lowest BCUT2D eigenvalue weighted by Gasteiger charge is -2.06. The van der Waals surface area contributed by atoms with Crippen LogP contribution in [0.2, 0.25) is 0 Å². The van der Waals surface area contributed by atoms with Crippen molar-refractivity contribution >= 4 is 47.5 Å². The summed E-state index contributed by atoms with van der Waals surface area (Å²) in [5, 5.41) is 2.82. The minimum atomic E-state index is -0.661. The van der Waals surface area contributed by atoms with Crippen molar-refractivity contribution < 1.29 is 13.9 Å². The zero-order valence-corrected chi connectivity index (χ0v) is 15.6. The predicted molar refractivity (Wildman–Crippen MR) is 105 cm³/mol. The van der Waals surface area contributed by atoms with E-state index in [1.807, 2.05) is 24.3 Å². The first kappa shape index (κ1) is 19.8. The summed E-state index contributed by atoms with van der Waals surface area (Å²) in [6.45, 7) is 3.71. The molecule has 2 rings (SSSR count). The van der Waals surface area contributed by atoms with Crippen LogP contribution in [0, 0.1) is 0 Å². The highest BCUT2D eigenvalue weighted by Crippen LogP contribution is 2.27. The van der Waals surface area contributed by atoms with E-state index >= 15 is 0 Å². The van der Waals surface area contributed by atoms with Crippen LogP contribution >= 0.6 is 22.9 Å². The van der Waals surface area contributed by atoms with Gasteiger partial charge >= 0.3 is 0 Å². The molecule has 1 heterocycles. The van der Waals surface area contributed by atoms with E-state index in [1.165, 1.54) is 0 Å². The lowest BCUT2D eigenvalue weighted by Crippen LogP contribution is -2.21. The number of hydrogen-bond donors (Lipinski definition) is 1. The van der Waals surface area contributed by atoms with Crippen molar-refractivity contribution in [2.45, 2.75) is 6.54 Å². The number of halogens is 2. The summed E-state index contributed by atoms with van der Waals surface area (Å²) in [5.74, 6) is -0.204. The van der Waals surface area contributed by atoms with E-state index < -0.39 is 5.83 Å². The summed E-state index contributed by atoms with van der Waals surface area (Å²) in [7, 11) is 1.58. The Balaban J connectivity index is 2.09. The number of thiophene rings is 1. The second-order valence-electron chi connectivity index (χ2n) is 4.98. The molecular weight excluding hydrogens is 377 g/mol. The fourth-order valence-corrected chi connectivity index (χ4v) is 3.09. The van der Waals surface area contributed by atoms with Crippen molar-refractivity contribution in [1.82, 2.24) is 5.32 Å². The van der Waals surface area contributed by atoms with E-state index in [2.05, 4.69) is 22.0 Å². The van der Waals surface area contributed by atoms with Gasteiger partial charge in [-0.2, -0.15) is 0 Å². The summed E-state index contributed by atoms with van der Waals surface area (Å²) in [6.07, 6.45) is 0.985. The highest BCUT2D eigenvalue weighted by molar-refractivity contribution is 7.15. The van der Waals surface area contributed by atoms with Crippen LogP contribution in [0.25, 0.3) is 5.70 Å². The molecule has 1 N–H and O–H groups in total. The Morgan fingerprint density at radius 3 is 2.85 bits per heavy atom. The smallest absolute Gasteiger partial charge is 0.261 e. The summed E-state index contributed by atoms with van der Waals surface area (Å²) in [5.41, 5.74) is 0.932. The number of carbonyl (C=O) groups excluding carboxylic acids is 1. The fourth-order valence-electron chi connectivity index (χ4n) is 2.09. The van der Waals surface area contributed by atoms with E-state index in [0.717, 1.165) is 28.9 Å². The predicted octanol–water partition coefficient (Wildman–Crippen LogP) is 4.29. The summed E-state index contributed by atoms with van der Waals surface area (Å²) < 4.78 is 19.2. The SMILES string of the molecule is C=N/C(=C(F)\C=N/CCl)c1ccc(C(=O)NCc2cccc(OC)c2)s1. The molecule has 0 aliphatic rings. The number of nitrogens with one attached hydrogen (secondary N) is 1. The Morgan fingerprint density at radius 1 is 1.38 bits per heavy atom. The zero-order chi connectivity index (χ0) is 18.9. The molecule has 1 aromatic carbocycles. The van der Waals surface area contributed by atoms with Crippen molar-refractivity contribution in [1.29, 1.82) is 0 Å². The summed E-state index contributed by atoms with van der Waals surface area (Å²) >= 11 is 6.51. The molecule has 0 aliphatic heterocycles. The van der Waals surface area contributed by atoms with E-state index in [-0.39, 0.29) is 17.6 Å². The second-order valence-corrected chi connectivity index (χ2v) is 6.31. The van der Waals surface area contributed by atoms with Crippen LogP contribution in [0.5, 0.6) is 5.75 Å². The van der Waals surface area contributed by atoms with Crippen molar-refractivity contribution in [3.8, 4) is 5.75 Å². The molecular formula is C18H17ClFN3O2S. The van der Waals surface area contributed by atoms with Crippen LogP contribution in [0.4, 0.5) is 4.39 Å². The van der Waals surface area contributed by atoms with Crippen LogP contribution in [0.3, 0.4) is 0 Å². The Kier molecular flexibility index (Phi) is 7.50. The average molecular weight is 394 g/mol. The third-order valence-corrected chi connectivity index (χ3v) is 4.54. The van der Waals surface area contributed by atoms with Crippen molar-refractivity contribution in [3.63, 3.8) is 0 Å². The second kappa shape index (κ2) is 9.84. The highest BCUT2D eigenvalue weighted by atomic mass is 35.5. The molecule has 5 nitrogen and oxygen atoms in total. The molecule has 0 spiro atoms. The lowest BCUT2D eigenvalue weighted by atomic mass is 10.2. The van der Waals surface area contributed by atoms with Crippen molar-refractivity contribution in [2.24, 2.45) is 9.98 Å². The maximum absolute atomic E-state index is 14.0. The van der Waals surface area contributed by atoms with Gasteiger partial charge in [-0.15, -0.1) is 22.9 Å². The van der Waals surface area contributed by atoms with Crippen LogP contribution in [0.15, 0.2) is 52.2 Å². The van der Waals surface area contributed by atoms with Crippen LogP contribution < -0.4 is 10.1 Å². The van der Waals surface area contributed by atoms with Gasteiger partial charge in [-0.25, -0.2) is 4.39 Å². The Hall–Kier alpha value is -2.51. The third kappa shape index (κ3) is 5.24. The molecule has 136 valence electrons. The number of aliphatic imine (C=N–C) groups is 2. The van der Waals surface area contributed by atoms with E-state index in [9.17, 15) is 9.18 Å². The summed E-state index contributed by atoms with van der Waals surface area (Å²) in [6, 6.07) is 10.6. The number of methoxy groups -OCH3 is 1. The van der Waals surface area contributed by atoms with Gasteiger partial charge in [0.05, 0.1) is 23.1 Å². The summed E-state index contributed by atoms with van der Waals surface area (Å²) in [4.78, 5) is 20.5. The number of allylic oxidation sites excluding steroid dienone is 1. The normalized spacial score (nSPS) is 12.0. The van der Waals surface area contributed by atoms with Gasteiger partial charge in [0.2, 0.25) is 0 Å². The molecule has 0 saturated carbocycles. The van der Waals surface area contributed by atoms with Gasteiger partial charge in [0.15, 0.2) is 5.83 Å². The number of amides is 1. The Bertz CT molecular complexity index is 848. The highest BCUT2D eigenvalue weighted by Gasteiger charge is 2.14. The average Bonchev–Trinajstić information content (AvgIpc) is 3.15. The molecule has 0 fully saturated rings. The number of hydrogen-bond acceptors (Lipinski definition) is 5. The van der Waals surface area contributed by atoms with E-state index in [1.54, 1.807) is 19.2 Å².